The van der Waals surface area contributed by atoms with Gasteiger partial charge in [0.25, 0.3) is 0 Å². The molecule has 0 aromatic heterocycles. The molecule has 0 aliphatic carbocycles. The Morgan fingerprint density at radius 3 is 2.50 bits per heavy atom. The van der Waals surface area contributed by atoms with Crippen molar-refractivity contribution in [1.82, 2.24) is 9.62 Å². The number of aliphatic hydroxyl groups excluding tert-OH is 1. The summed E-state index contributed by atoms with van der Waals surface area (Å²) in [5, 5.41) is 11.2. The number of rotatable bonds is 8. The third-order valence-corrected chi connectivity index (χ3v) is 3.84. The average molecular weight is 300 g/mol. The topological polar surface area (TPSA) is 86.7 Å². The molecule has 20 heavy (non-hydrogen) atoms. The third-order valence-electron chi connectivity index (χ3n) is 2.65. The quantitative estimate of drug-likeness (QED) is 0.659. The summed E-state index contributed by atoms with van der Waals surface area (Å²) in [5.74, 6) is -0.375. The van der Waals surface area contributed by atoms with E-state index in [-0.39, 0.29) is 25.6 Å². The minimum atomic E-state index is -3.47. The predicted octanol–water partition coefficient (Wildman–Crippen LogP) is -0.0532. The van der Waals surface area contributed by atoms with Gasteiger partial charge >= 0.3 is 0 Å². The zero-order valence-corrected chi connectivity index (χ0v) is 12.3. The Morgan fingerprint density at radius 1 is 1.30 bits per heavy atom. The Morgan fingerprint density at radius 2 is 1.95 bits per heavy atom. The summed E-state index contributed by atoms with van der Waals surface area (Å²) in [5.41, 5.74) is 0.820. The fourth-order valence-electron chi connectivity index (χ4n) is 1.60. The maximum Gasteiger partial charge on any atom is 0.235 e. The van der Waals surface area contributed by atoms with E-state index in [0.29, 0.717) is 13.0 Å². The molecule has 2 N–H and O–H groups in total. The number of hydrogen-bond acceptors (Lipinski definition) is 4. The SMILES string of the molecule is CS(=O)(=O)N(CC(=O)NCCCO)Cc1ccccc1. The van der Waals surface area contributed by atoms with Crippen LogP contribution in [0.5, 0.6) is 0 Å². The van der Waals surface area contributed by atoms with Crippen molar-refractivity contribution < 1.29 is 18.3 Å². The minimum Gasteiger partial charge on any atom is -0.396 e. The van der Waals surface area contributed by atoms with Crippen LogP contribution in [0.3, 0.4) is 0 Å². The number of sulfonamides is 1. The summed E-state index contributed by atoms with van der Waals surface area (Å²) in [6.07, 6.45) is 1.53. The normalized spacial score (nSPS) is 11.6. The highest BCUT2D eigenvalue weighted by molar-refractivity contribution is 7.88. The molecule has 0 saturated heterocycles. The number of nitrogens with zero attached hydrogens (tertiary/aromatic N) is 1. The summed E-state index contributed by atoms with van der Waals surface area (Å²) in [6.45, 7) is 0.255. The van der Waals surface area contributed by atoms with Gasteiger partial charge in [-0.3, -0.25) is 4.79 Å². The van der Waals surface area contributed by atoms with Gasteiger partial charge < -0.3 is 10.4 Å². The van der Waals surface area contributed by atoms with E-state index >= 15 is 0 Å². The van der Waals surface area contributed by atoms with E-state index in [9.17, 15) is 13.2 Å². The first-order chi connectivity index (χ1) is 9.43. The highest BCUT2D eigenvalue weighted by Gasteiger charge is 2.20. The lowest BCUT2D eigenvalue weighted by Crippen LogP contribution is -2.40. The van der Waals surface area contributed by atoms with E-state index in [0.717, 1.165) is 16.1 Å². The van der Waals surface area contributed by atoms with E-state index in [1.807, 2.05) is 30.3 Å². The Hall–Kier alpha value is -1.44. The maximum absolute atomic E-state index is 11.7. The van der Waals surface area contributed by atoms with Gasteiger partial charge in [-0.05, 0) is 12.0 Å². The second-order valence-corrected chi connectivity index (χ2v) is 6.43. The minimum absolute atomic E-state index is 0.0138. The molecular weight excluding hydrogens is 280 g/mol. The lowest BCUT2D eigenvalue weighted by Gasteiger charge is -2.19. The molecule has 0 heterocycles. The van der Waals surface area contributed by atoms with E-state index in [4.69, 9.17) is 5.11 Å². The molecule has 1 aromatic rings. The molecule has 1 rings (SSSR count). The van der Waals surface area contributed by atoms with Crippen molar-refractivity contribution in [3.63, 3.8) is 0 Å². The van der Waals surface area contributed by atoms with Crippen molar-refractivity contribution in [1.29, 1.82) is 0 Å². The predicted molar refractivity (Wildman–Crippen MR) is 76.4 cm³/mol. The van der Waals surface area contributed by atoms with Crippen molar-refractivity contribution in [3.05, 3.63) is 35.9 Å². The van der Waals surface area contributed by atoms with Crippen molar-refractivity contribution in [2.75, 3.05) is 26.0 Å². The van der Waals surface area contributed by atoms with E-state index in [2.05, 4.69) is 5.32 Å². The molecule has 0 unspecified atom stereocenters. The lowest BCUT2D eigenvalue weighted by atomic mass is 10.2. The van der Waals surface area contributed by atoms with Gasteiger partial charge in [0.05, 0.1) is 12.8 Å². The molecular formula is C13H20N2O4S. The van der Waals surface area contributed by atoms with Crippen LogP contribution in [-0.4, -0.2) is 49.7 Å². The molecule has 0 fully saturated rings. The number of benzene rings is 1. The summed E-state index contributed by atoms with van der Waals surface area (Å²) in [7, 11) is -3.47. The molecule has 1 aromatic carbocycles. The molecule has 6 nitrogen and oxygen atoms in total. The first-order valence-corrected chi connectivity index (χ1v) is 8.15. The molecule has 1 amide bonds. The molecule has 0 aliphatic heterocycles. The number of nitrogens with one attached hydrogen (secondary N) is 1. The smallest absolute Gasteiger partial charge is 0.235 e. The summed E-state index contributed by atoms with van der Waals surface area (Å²) in [6, 6.07) is 9.09. The van der Waals surface area contributed by atoms with Gasteiger partial charge in [-0.1, -0.05) is 30.3 Å². The van der Waals surface area contributed by atoms with Gasteiger partial charge in [0, 0.05) is 19.7 Å². The molecule has 7 heteroatoms. The van der Waals surface area contributed by atoms with Crippen molar-refractivity contribution in [2.45, 2.75) is 13.0 Å². The number of amides is 1. The average Bonchev–Trinajstić information content (AvgIpc) is 2.38. The van der Waals surface area contributed by atoms with Crippen LogP contribution in [0.1, 0.15) is 12.0 Å². The number of hydrogen-bond donors (Lipinski definition) is 2. The Bertz CT molecular complexity index is 516. The third kappa shape index (κ3) is 6.14. The van der Waals surface area contributed by atoms with Crippen LogP contribution in [0.25, 0.3) is 0 Å². The Labute approximate surface area is 119 Å². The van der Waals surface area contributed by atoms with Gasteiger partial charge in [0.2, 0.25) is 15.9 Å². The Kier molecular flexibility index (Phi) is 6.63. The zero-order chi connectivity index (χ0) is 15.0. The van der Waals surface area contributed by atoms with Crippen molar-refractivity contribution >= 4 is 15.9 Å². The second-order valence-electron chi connectivity index (χ2n) is 4.44. The molecule has 112 valence electrons. The van der Waals surface area contributed by atoms with Crippen LogP contribution in [0, 0.1) is 0 Å². The lowest BCUT2D eigenvalue weighted by molar-refractivity contribution is -0.121. The fraction of sp³-hybridized carbons (Fsp3) is 0.462. The zero-order valence-electron chi connectivity index (χ0n) is 11.4. The van der Waals surface area contributed by atoms with E-state index in [1.165, 1.54) is 0 Å². The van der Waals surface area contributed by atoms with Crippen LogP contribution in [0.15, 0.2) is 30.3 Å². The van der Waals surface area contributed by atoms with Crippen molar-refractivity contribution in [2.24, 2.45) is 0 Å². The highest BCUT2D eigenvalue weighted by Crippen LogP contribution is 2.07. The molecule has 0 saturated carbocycles. The number of carbonyl (C=O) groups excluding carboxylic acids is 1. The standard InChI is InChI=1S/C13H20N2O4S/c1-20(18,19)15(10-12-6-3-2-4-7-12)11-13(17)14-8-5-9-16/h2-4,6-7,16H,5,8-11H2,1H3,(H,14,17). The first-order valence-electron chi connectivity index (χ1n) is 6.30. The van der Waals surface area contributed by atoms with Crippen LogP contribution in [0.4, 0.5) is 0 Å². The first kappa shape index (κ1) is 16.6. The van der Waals surface area contributed by atoms with Crippen LogP contribution in [0.2, 0.25) is 0 Å². The van der Waals surface area contributed by atoms with Crippen molar-refractivity contribution in [3.8, 4) is 0 Å². The summed E-state index contributed by atoms with van der Waals surface area (Å²) < 4.78 is 24.5. The van der Waals surface area contributed by atoms with Crippen LogP contribution in [-0.2, 0) is 21.4 Å². The summed E-state index contributed by atoms with van der Waals surface area (Å²) in [4.78, 5) is 11.7. The van der Waals surface area contributed by atoms with Gasteiger partial charge in [0.15, 0.2) is 0 Å². The molecule has 0 aliphatic rings. The second kappa shape index (κ2) is 7.98. The number of aliphatic hydroxyl groups is 1. The number of carbonyl (C=O) groups is 1. The van der Waals surface area contributed by atoms with Crippen LogP contribution < -0.4 is 5.32 Å². The van der Waals surface area contributed by atoms with Gasteiger partial charge in [-0.25, -0.2) is 8.42 Å². The van der Waals surface area contributed by atoms with E-state index in [1.54, 1.807) is 0 Å². The Balaban J connectivity index is 2.64. The fourth-order valence-corrected chi connectivity index (χ4v) is 2.34. The van der Waals surface area contributed by atoms with Gasteiger partial charge in [-0.2, -0.15) is 4.31 Å². The van der Waals surface area contributed by atoms with Gasteiger partial charge in [0.1, 0.15) is 0 Å². The maximum atomic E-state index is 11.7. The summed E-state index contributed by atoms with van der Waals surface area (Å²) >= 11 is 0. The van der Waals surface area contributed by atoms with Gasteiger partial charge in [-0.15, -0.1) is 0 Å². The monoisotopic (exact) mass is 300 g/mol. The highest BCUT2D eigenvalue weighted by atomic mass is 32.2. The molecule has 0 atom stereocenters. The molecule has 0 spiro atoms. The largest absolute Gasteiger partial charge is 0.396 e. The van der Waals surface area contributed by atoms with E-state index < -0.39 is 10.0 Å². The molecule has 0 bridgehead atoms. The molecule has 0 radical (unpaired) electrons. The van der Waals surface area contributed by atoms with Crippen LogP contribution >= 0.6 is 0 Å².